The van der Waals surface area contributed by atoms with Crippen LogP contribution < -0.4 is 11.3 Å². The van der Waals surface area contributed by atoms with Crippen molar-refractivity contribution in [2.75, 3.05) is 32.2 Å². The molecule has 0 amide bonds. The maximum Gasteiger partial charge on any atom is 0.246 e. The van der Waals surface area contributed by atoms with Gasteiger partial charge >= 0.3 is 0 Å². The van der Waals surface area contributed by atoms with E-state index in [2.05, 4.69) is 10.4 Å². The molecule has 1 fully saturated rings. The Hall–Kier alpha value is -1.22. The second-order valence-corrected chi connectivity index (χ2v) is 6.73. The van der Waals surface area contributed by atoms with Crippen LogP contribution in [0.5, 0.6) is 0 Å². The van der Waals surface area contributed by atoms with Gasteiger partial charge in [-0.3, -0.25) is 10.8 Å². The molecule has 7 nitrogen and oxygen atoms in total. The van der Waals surface area contributed by atoms with Crippen LogP contribution in [-0.2, 0) is 14.8 Å². The summed E-state index contributed by atoms with van der Waals surface area (Å²) in [5.74, 6) is 5.78. The Morgan fingerprint density at radius 3 is 2.80 bits per heavy atom. The minimum Gasteiger partial charge on any atom is -0.384 e. The van der Waals surface area contributed by atoms with Crippen molar-refractivity contribution in [2.24, 2.45) is 11.8 Å². The Balaban J connectivity index is 2.16. The molecule has 1 aromatic heterocycles. The van der Waals surface area contributed by atoms with E-state index < -0.39 is 10.0 Å². The number of hydrazine groups is 1. The lowest BCUT2D eigenvalue weighted by atomic mass is 9.99. The van der Waals surface area contributed by atoms with E-state index in [9.17, 15) is 8.42 Å². The largest absolute Gasteiger partial charge is 0.384 e. The molecule has 0 unspecified atom stereocenters. The van der Waals surface area contributed by atoms with Crippen LogP contribution in [0.4, 0.5) is 5.69 Å². The van der Waals surface area contributed by atoms with E-state index in [1.165, 1.54) is 16.7 Å². The molecule has 0 radical (unpaired) electrons. The zero-order valence-corrected chi connectivity index (χ0v) is 12.3. The number of nitrogens with one attached hydrogen (secondary N) is 1. The first-order valence-corrected chi connectivity index (χ1v) is 7.93. The SMILES string of the molecule is COCC1CCN(S(=O)(=O)c2cnccc2NN)CC1. The lowest BCUT2D eigenvalue weighted by Gasteiger charge is -2.31. The normalized spacial score (nSPS) is 18.1. The molecule has 2 heterocycles. The van der Waals surface area contributed by atoms with Gasteiger partial charge in [0.1, 0.15) is 4.90 Å². The summed E-state index contributed by atoms with van der Waals surface area (Å²) >= 11 is 0. The number of nitrogens with two attached hydrogens (primary N) is 1. The molecule has 20 heavy (non-hydrogen) atoms. The average Bonchev–Trinajstić information content (AvgIpc) is 2.48. The van der Waals surface area contributed by atoms with Crippen molar-refractivity contribution in [3.05, 3.63) is 18.5 Å². The van der Waals surface area contributed by atoms with Crippen LogP contribution in [-0.4, -0.2) is 44.5 Å². The number of methoxy groups -OCH3 is 1. The number of pyridine rings is 1. The van der Waals surface area contributed by atoms with Crippen LogP contribution in [0.3, 0.4) is 0 Å². The van der Waals surface area contributed by atoms with Crippen LogP contribution in [0, 0.1) is 5.92 Å². The Morgan fingerprint density at radius 2 is 2.20 bits per heavy atom. The van der Waals surface area contributed by atoms with E-state index in [0.29, 0.717) is 31.3 Å². The number of aromatic nitrogens is 1. The van der Waals surface area contributed by atoms with Gasteiger partial charge in [0.05, 0.1) is 5.69 Å². The van der Waals surface area contributed by atoms with Crippen molar-refractivity contribution in [3.63, 3.8) is 0 Å². The summed E-state index contributed by atoms with van der Waals surface area (Å²) in [5, 5.41) is 0. The fourth-order valence-electron chi connectivity index (χ4n) is 2.40. The third kappa shape index (κ3) is 3.09. The van der Waals surface area contributed by atoms with Crippen LogP contribution in [0.15, 0.2) is 23.4 Å². The van der Waals surface area contributed by atoms with Crippen molar-refractivity contribution in [3.8, 4) is 0 Å². The Morgan fingerprint density at radius 1 is 1.50 bits per heavy atom. The first-order chi connectivity index (χ1) is 9.59. The maximum atomic E-state index is 12.6. The summed E-state index contributed by atoms with van der Waals surface area (Å²) in [7, 11) is -1.89. The zero-order valence-electron chi connectivity index (χ0n) is 11.4. The molecule has 112 valence electrons. The van der Waals surface area contributed by atoms with Gasteiger partial charge in [-0.1, -0.05) is 0 Å². The topological polar surface area (TPSA) is 97.5 Å². The number of piperidine rings is 1. The van der Waals surface area contributed by atoms with Gasteiger partial charge in [0, 0.05) is 39.2 Å². The molecule has 1 aromatic rings. The first kappa shape index (κ1) is 15.2. The number of anilines is 1. The Bertz CT molecular complexity index is 541. The molecule has 2 rings (SSSR count). The van der Waals surface area contributed by atoms with Gasteiger partial charge in [0.2, 0.25) is 10.0 Å². The second-order valence-electron chi connectivity index (χ2n) is 4.82. The summed E-state index contributed by atoms with van der Waals surface area (Å²) in [6.45, 7) is 1.67. The van der Waals surface area contributed by atoms with E-state index in [0.717, 1.165) is 12.8 Å². The number of nitrogen functional groups attached to an aromatic ring is 1. The molecule has 1 aliphatic rings. The maximum absolute atomic E-state index is 12.6. The number of rotatable bonds is 5. The smallest absolute Gasteiger partial charge is 0.246 e. The Kier molecular flexibility index (Phi) is 4.92. The van der Waals surface area contributed by atoms with Crippen LogP contribution >= 0.6 is 0 Å². The number of hydrogen-bond donors (Lipinski definition) is 2. The van der Waals surface area contributed by atoms with E-state index in [1.807, 2.05) is 0 Å². The highest BCUT2D eigenvalue weighted by atomic mass is 32.2. The van der Waals surface area contributed by atoms with E-state index in [4.69, 9.17) is 10.6 Å². The minimum atomic E-state index is -3.56. The summed E-state index contributed by atoms with van der Waals surface area (Å²) in [6.07, 6.45) is 4.43. The van der Waals surface area contributed by atoms with Crippen LogP contribution in [0.2, 0.25) is 0 Å². The average molecular weight is 300 g/mol. The van der Waals surface area contributed by atoms with Crippen molar-refractivity contribution in [2.45, 2.75) is 17.7 Å². The van der Waals surface area contributed by atoms with Gasteiger partial charge in [-0.25, -0.2) is 8.42 Å². The number of nitrogens with zero attached hydrogens (tertiary/aromatic N) is 2. The minimum absolute atomic E-state index is 0.118. The highest BCUT2D eigenvalue weighted by Gasteiger charge is 2.31. The van der Waals surface area contributed by atoms with Gasteiger partial charge in [0.25, 0.3) is 0 Å². The van der Waals surface area contributed by atoms with Gasteiger partial charge in [-0.05, 0) is 24.8 Å². The van der Waals surface area contributed by atoms with Crippen molar-refractivity contribution < 1.29 is 13.2 Å². The summed E-state index contributed by atoms with van der Waals surface area (Å²) in [4.78, 5) is 4.00. The molecule has 0 aliphatic carbocycles. The van der Waals surface area contributed by atoms with Crippen LogP contribution in [0.25, 0.3) is 0 Å². The Labute approximate surface area is 119 Å². The van der Waals surface area contributed by atoms with Crippen molar-refractivity contribution in [1.29, 1.82) is 0 Å². The summed E-state index contributed by atoms with van der Waals surface area (Å²) in [5.41, 5.74) is 2.76. The van der Waals surface area contributed by atoms with Gasteiger partial charge in [-0.2, -0.15) is 4.31 Å². The number of sulfonamides is 1. The van der Waals surface area contributed by atoms with Crippen molar-refractivity contribution >= 4 is 15.7 Å². The molecular weight excluding hydrogens is 280 g/mol. The van der Waals surface area contributed by atoms with E-state index in [-0.39, 0.29) is 4.90 Å². The number of ether oxygens (including phenoxy) is 1. The summed E-state index contributed by atoms with van der Waals surface area (Å²) in [6, 6.07) is 1.55. The first-order valence-electron chi connectivity index (χ1n) is 6.49. The monoisotopic (exact) mass is 300 g/mol. The molecule has 3 N–H and O–H groups in total. The van der Waals surface area contributed by atoms with Gasteiger partial charge < -0.3 is 10.2 Å². The fraction of sp³-hybridized carbons (Fsp3) is 0.583. The molecule has 1 aliphatic heterocycles. The highest BCUT2D eigenvalue weighted by molar-refractivity contribution is 7.89. The second kappa shape index (κ2) is 6.49. The predicted molar refractivity (Wildman–Crippen MR) is 75.4 cm³/mol. The third-order valence-electron chi connectivity index (χ3n) is 3.53. The van der Waals surface area contributed by atoms with Gasteiger partial charge in [-0.15, -0.1) is 0 Å². The third-order valence-corrected chi connectivity index (χ3v) is 5.46. The summed E-state index contributed by atoms with van der Waals surface area (Å²) < 4.78 is 31.8. The quantitative estimate of drug-likeness (QED) is 0.604. The zero-order chi connectivity index (χ0) is 14.6. The van der Waals surface area contributed by atoms with Crippen molar-refractivity contribution in [1.82, 2.24) is 9.29 Å². The number of hydrogen-bond acceptors (Lipinski definition) is 6. The molecule has 1 saturated heterocycles. The molecule has 0 spiro atoms. The molecule has 0 atom stereocenters. The predicted octanol–water partition coefficient (Wildman–Crippen LogP) is 0.414. The lowest BCUT2D eigenvalue weighted by molar-refractivity contribution is 0.121. The molecule has 0 aromatic carbocycles. The standard InChI is InChI=1S/C12H20N4O3S/c1-19-9-10-3-6-16(7-4-10)20(17,18)12-8-14-5-2-11(12)15-13/h2,5,8,10H,3-4,6-7,9,13H2,1H3,(H,14,15). The molecule has 0 bridgehead atoms. The molecular formula is C12H20N4O3S. The van der Waals surface area contributed by atoms with E-state index >= 15 is 0 Å². The molecule has 0 saturated carbocycles. The highest BCUT2D eigenvalue weighted by Crippen LogP contribution is 2.27. The van der Waals surface area contributed by atoms with Crippen LogP contribution in [0.1, 0.15) is 12.8 Å². The lowest BCUT2D eigenvalue weighted by Crippen LogP contribution is -2.39. The van der Waals surface area contributed by atoms with Gasteiger partial charge in [0.15, 0.2) is 0 Å². The van der Waals surface area contributed by atoms with E-state index in [1.54, 1.807) is 13.2 Å². The fourth-order valence-corrected chi connectivity index (χ4v) is 3.96. The molecule has 8 heteroatoms.